The van der Waals surface area contributed by atoms with Gasteiger partial charge in [0.2, 0.25) is 5.91 Å². The molecule has 2 rings (SSSR count). The van der Waals surface area contributed by atoms with E-state index < -0.39 is 5.97 Å². The first-order valence-corrected chi connectivity index (χ1v) is 7.65. The van der Waals surface area contributed by atoms with Gasteiger partial charge >= 0.3 is 5.97 Å². The van der Waals surface area contributed by atoms with Gasteiger partial charge in [0.25, 0.3) is 0 Å². The minimum Gasteiger partial charge on any atom is -0.457 e. The molecule has 0 aromatic heterocycles. The molecule has 0 heterocycles. The van der Waals surface area contributed by atoms with Gasteiger partial charge in [-0.3, -0.25) is 14.4 Å². The van der Waals surface area contributed by atoms with Gasteiger partial charge in [-0.2, -0.15) is 0 Å². The van der Waals surface area contributed by atoms with Crippen molar-refractivity contribution in [1.29, 1.82) is 0 Å². The molecule has 24 heavy (non-hydrogen) atoms. The number of esters is 1. The maximum absolute atomic E-state index is 11.8. The standard InChI is InChI=1S/C19H19NO4/c1-14-7-5-6-10-16(14)20-18(22)11-12-19(23)24-13-17(21)15-8-3-2-4-9-15/h2-10H,11-13H2,1H3,(H,20,22). The van der Waals surface area contributed by atoms with E-state index in [4.69, 9.17) is 4.74 Å². The van der Waals surface area contributed by atoms with Crippen molar-refractivity contribution in [3.8, 4) is 0 Å². The average Bonchev–Trinajstić information content (AvgIpc) is 2.60. The molecule has 0 bridgehead atoms. The molecule has 124 valence electrons. The molecule has 0 aliphatic carbocycles. The van der Waals surface area contributed by atoms with Crippen LogP contribution in [0.3, 0.4) is 0 Å². The van der Waals surface area contributed by atoms with Crippen LogP contribution in [-0.4, -0.2) is 24.3 Å². The summed E-state index contributed by atoms with van der Waals surface area (Å²) in [6, 6.07) is 16.0. The lowest BCUT2D eigenvalue weighted by Gasteiger charge is -2.08. The number of para-hydroxylation sites is 1. The monoisotopic (exact) mass is 325 g/mol. The molecule has 0 fully saturated rings. The highest BCUT2D eigenvalue weighted by Crippen LogP contribution is 2.13. The maximum Gasteiger partial charge on any atom is 0.306 e. The summed E-state index contributed by atoms with van der Waals surface area (Å²) in [5.74, 6) is -1.11. The second kappa shape index (κ2) is 8.62. The van der Waals surface area contributed by atoms with Crippen LogP contribution in [0.15, 0.2) is 54.6 Å². The van der Waals surface area contributed by atoms with E-state index in [2.05, 4.69) is 5.32 Å². The van der Waals surface area contributed by atoms with Gasteiger partial charge in [-0.25, -0.2) is 0 Å². The number of hydrogen-bond acceptors (Lipinski definition) is 4. The predicted molar refractivity (Wildman–Crippen MR) is 90.8 cm³/mol. The van der Waals surface area contributed by atoms with Crippen molar-refractivity contribution in [1.82, 2.24) is 0 Å². The highest BCUT2D eigenvalue weighted by Gasteiger charge is 2.12. The van der Waals surface area contributed by atoms with E-state index in [-0.39, 0.29) is 31.1 Å². The van der Waals surface area contributed by atoms with E-state index in [1.54, 1.807) is 36.4 Å². The van der Waals surface area contributed by atoms with E-state index in [0.717, 1.165) is 11.3 Å². The van der Waals surface area contributed by atoms with Crippen molar-refractivity contribution in [2.45, 2.75) is 19.8 Å². The number of benzene rings is 2. The molecule has 0 aliphatic rings. The lowest BCUT2D eigenvalue weighted by molar-refractivity contribution is -0.143. The zero-order chi connectivity index (χ0) is 17.4. The highest BCUT2D eigenvalue weighted by atomic mass is 16.5. The molecule has 5 heteroatoms. The minimum absolute atomic E-state index is 0.00664. The number of Topliss-reactive ketones (excluding diaryl/α,β-unsaturated/α-hetero) is 1. The summed E-state index contributed by atoms with van der Waals surface area (Å²) < 4.78 is 4.91. The smallest absolute Gasteiger partial charge is 0.306 e. The van der Waals surface area contributed by atoms with Crippen LogP contribution < -0.4 is 5.32 Å². The van der Waals surface area contributed by atoms with Crippen LogP contribution >= 0.6 is 0 Å². The molecular formula is C19H19NO4. The number of rotatable bonds is 7. The van der Waals surface area contributed by atoms with E-state index in [0.29, 0.717) is 5.56 Å². The van der Waals surface area contributed by atoms with Crippen molar-refractivity contribution in [3.63, 3.8) is 0 Å². The van der Waals surface area contributed by atoms with Gasteiger partial charge in [-0.05, 0) is 18.6 Å². The lowest BCUT2D eigenvalue weighted by Crippen LogP contribution is -2.17. The van der Waals surface area contributed by atoms with Crippen LogP contribution in [0.4, 0.5) is 5.69 Å². The first-order valence-electron chi connectivity index (χ1n) is 7.65. The third-order valence-electron chi connectivity index (χ3n) is 3.44. The van der Waals surface area contributed by atoms with Gasteiger partial charge in [0.1, 0.15) is 0 Å². The van der Waals surface area contributed by atoms with Gasteiger partial charge in [0.15, 0.2) is 12.4 Å². The summed E-state index contributed by atoms with van der Waals surface area (Å²) in [6.45, 7) is 1.57. The largest absolute Gasteiger partial charge is 0.457 e. The number of carbonyl (C=O) groups excluding carboxylic acids is 3. The van der Waals surface area contributed by atoms with Crippen LogP contribution in [0.25, 0.3) is 0 Å². The number of anilines is 1. The Hall–Kier alpha value is -2.95. The quantitative estimate of drug-likeness (QED) is 0.627. The molecule has 2 aromatic rings. The van der Waals surface area contributed by atoms with E-state index in [9.17, 15) is 14.4 Å². The summed E-state index contributed by atoms with van der Waals surface area (Å²) in [5, 5.41) is 2.74. The predicted octanol–water partition coefficient (Wildman–Crippen LogP) is 3.14. The lowest BCUT2D eigenvalue weighted by atomic mass is 10.1. The van der Waals surface area contributed by atoms with Gasteiger partial charge in [-0.15, -0.1) is 0 Å². The Morgan fingerprint density at radius 2 is 1.58 bits per heavy atom. The van der Waals surface area contributed by atoms with Crippen LogP contribution in [0, 0.1) is 6.92 Å². The summed E-state index contributed by atoms with van der Waals surface area (Å²) >= 11 is 0. The van der Waals surface area contributed by atoms with Crippen molar-refractivity contribution >= 4 is 23.3 Å². The van der Waals surface area contributed by atoms with Crippen LogP contribution in [-0.2, 0) is 14.3 Å². The fourth-order valence-corrected chi connectivity index (χ4v) is 2.07. The molecule has 0 radical (unpaired) electrons. The van der Waals surface area contributed by atoms with Crippen LogP contribution in [0.1, 0.15) is 28.8 Å². The summed E-state index contributed by atoms with van der Waals surface area (Å²) in [4.78, 5) is 35.3. The van der Waals surface area contributed by atoms with Gasteiger partial charge in [-0.1, -0.05) is 48.5 Å². The van der Waals surface area contributed by atoms with Crippen molar-refractivity contribution in [2.75, 3.05) is 11.9 Å². The molecule has 0 unspecified atom stereocenters. The number of aryl methyl sites for hydroxylation is 1. The molecular weight excluding hydrogens is 306 g/mol. The topological polar surface area (TPSA) is 72.5 Å². The van der Waals surface area contributed by atoms with E-state index >= 15 is 0 Å². The molecule has 0 spiro atoms. The summed E-state index contributed by atoms with van der Waals surface area (Å²) in [6.07, 6.45) is -0.0630. The first kappa shape index (κ1) is 17.4. The molecule has 1 N–H and O–H groups in total. The molecule has 1 amide bonds. The molecule has 0 aliphatic heterocycles. The number of ketones is 1. The van der Waals surface area contributed by atoms with Gasteiger partial charge in [0, 0.05) is 17.7 Å². The zero-order valence-corrected chi connectivity index (χ0v) is 13.5. The summed E-state index contributed by atoms with van der Waals surface area (Å²) in [5.41, 5.74) is 2.15. The molecule has 2 aromatic carbocycles. The Labute approximate surface area is 140 Å². The number of hydrogen-bond donors (Lipinski definition) is 1. The average molecular weight is 325 g/mol. The third-order valence-corrected chi connectivity index (χ3v) is 3.44. The van der Waals surface area contributed by atoms with Crippen LogP contribution in [0.2, 0.25) is 0 Å². The number of nitrogens with one attached hydrogen (secondary N) is 1. The molecule has 0 atom stereocenters. The number of carbonyl (C=O) groups is 3. The maximum atomic E-state index is 11.8. The van der Waals surface area contributed by atoms with Crippen molar-refractivity contribution < 1.29 is 19.1 Å². The summed E-state index contributed by atoms with van der Waals surface area (Å²) in [7, 11) is 0. The Kier molecular flexibility index (Phi) is 6.25. The molecule has 0 saturated heterocycles. The Bertz CT molecular complexity index is 725. The van der Waals surface area contributed by atoms with Crippen molar-refractivity contribution in [2.24, 2.45) is 0 Å². The highest BCUT2D eigenvalue weighted by molar-refractivity contribution is 5.98. The molecule has 0 saturated carbocycles. The fraction of sp³-hybridized carbons (Fsp3) is 0.211. The minimum atomic E-state index is -0.570. The second-order valence-corrected chi connectivity index (χ2v) is 5.31. The molecule has 5 nitrogen and oxygen atoms in total. The number of amides is 1. The van der Waals surface area contributed by atoms with Crippen molar-refractivity contribution in [3.05, 3.63) is 65.7 Å². The van der Waals surface area contributed by atoms with E-state index in [1.807, 2.05) is 25.1 Å². The zero-order valence-electron chi connectivity index (χ0n) is 13.5. The van der Waals surface area contributed by atoms with Crippen LogP contribution in [0.5, 0.6) is 0 Å². The SMILES string of the molecule is Cc1ccccc1NC(=O)CCC(=O)OCC(=O)c1ccccc1. The number of ether oxygens (including phenoxy) is 1. The van der Waals surface area contributed by atoms with Gasteiger partial charge < -0.3 is 10.1 Å². The van der Waals surface area contributed by atoms with Gasteiger partial charge in [0.05, 0.1) is 6.42 Å². The Morgan fingerprint density at radius 1 is 0.917 bits per heavy atom. The Morgan fingerprint density at radius 3 is 2.29 bits per heavy atom. The fourth-order valence-electron chi connectivity index (χ4n) is 2.07. The normalized spacial score (nSPS) is 10.0. The third kappa shape index (κ3) is 5.35. The Balaban J connectivity index is 1.72. The second-order valence-electron chi connectivity index (χ2n) is 5.31. The first-order chi connectivity index (χ1) is 11.6. The van der Waals surface area contributed by atoms with E-state index in [1.165, 1.54) is 0 Å².